The molecule has 0 bridgehead atoms. The number of rotatable bonds is 3. The molecule has 0 saturated carbocycles. The van der Waals surface area contributed by atoms with E-state index in [1.165, 1.54) is 27.9 Å². The standard InChI is InChI=1S/C26H37N7O/c1-16-13-22-21(14-28-29-22)23(17(16)2)24-18(3)33(20-7-9-27-10-8-20)30-25(24)32-12-11-31(19(4)34)15-26(32,5)6/h13-14,20,27H,7-12,15H2,1-6H3,(H,28,29). The van der Waals surface area contributed by atoms with Crippen LogP contribution in [0.3, 0.4) is 0 Å². The first-order chi connectivity index (χ1) is 16.2. The number of fused-ring (bicyclic) bond motifs is 1. The van der Waals surface area contributed by atoms with Crippen molar-refractivity contribution in [2.45, 2.75) is 66.0 Å². The number of hydrogen-bond acceptors (Lipinski definition) is 5. The Morgan fingerprint density at radius 2 is 1.85 bits per heavy atom. The lowest BCUT2D eigenvalue weighted by Gasteiger charge is -2.47. The number of benzene rings is 1. The van der Waals surface area contributed by atoms with Gasteiger partial charge < -0.3 is 15.1 Å². The van der Waals surface area contributed by atoms with Gasteiger partial charge in [-0.05, 0) is 77.7 Å². The number of carbonyl (C=O) groups excluding carboxylic acids is 1. The van der Waals surface area contributed by atoms with Gasteiger partial charge in [-0.2, -0.15) is 10.2 Å². The van der Waals surface area contributed by atoms with Gasteiger partial charge in [0.2, 0.25) is 5.91 Å². The molecule has 5 rings (SSSR count). The molecule has 0 unspecified atom stereocenters. The molecule has 2 aliphatic heterocycles. The molecule has 0 radical (unpaired) electrons. The summed E-state index contributed by atoms with van der Waals surface area (Å²) in [6.07, 6.45) is 4.11. The van der Waals surface area contributed by atoms with Gasteiger partial charge in [0, 0.05) is 48.8 Å². The van der Waals surface area contributed by atoms with Crippen LogP contribution >= 0.6 is 0 Å². The van der Waals surface area contributed by atoms with Gasteiger partial charge in [0.1, 0.15) is 0 Å². The Morgan fingerprint density at radius 1 is 1.12 bits per heavy atom. The lowest BCUT2D eigenvalue weighted by atomic mass is 9.91. The van der Waals surface area contributed by atoms with Crippen LogP contribution in [0, 0.1) is 20.8 Å². The Bertz CT molecular complexity index is 1230. The molecule has 1 aromatic carbocycles. The third-order valence-corrected chi connectivity index (χ3v) is 7.90. The van der Waals surface area contributed by atoms with Crippen molar-refractivity contribution in [1.29, 1.82) is 0 Å². The minimum Gasteiger partial charge on any atom is -0.346 e. The molecule has 8 heteroatoms. The van der Waals surface area contributed by atoms with Crippen LogP contribution in [0.5, 0.6) is 0 Å². The van der Waals surface area contributed by atoms with Crippen LogP contribution < -0.4 is 10.2 Å². The molecule has 8 nitrogen and oxygen atoms in total. The molecule has 1 amide bonds. The first kappa shape index (κ1) is 22.9. The van der Waals surface area contributed by atoms with Crippen LogP contribution in [-0.4, -0.2) is 69.0 Å². The third-order valence-electron chi connectivity index (χ3n) is 7.90. The van der Waals surface area contributed by atoms with E-state index >= 15 is 0 Å². The average Bonchev–Trinajstić information content (AvgIpc) is 3.39. The Hall–Kier alpha value is -2.87. The molecule has 2 fully saturated rings. The van der Waals surface area contributed by atoms with E-state index in [0.29, 0.717) is 19.1 Å². The number of nitrogens with zero attached hydrogens (tertiary/aromatic N) is 5. The van der Waals surface area contributed by atoms with Gasteiger partial charge in [0.25, 0.3) is 0 Å². The van der Waals surface area contributed by atoms with Gasteiger partial charge in [-0.3, -0.25) is 14.6 Å². The second kappa shape index (κ2) is 8.41. The molecule has 182 valence electrons. The predicted molar refractivity (Wildman–Crippen MR) is 136 cm³/mol. The summed E-state index contributed by atoms with van der Waals surface area (Å²) >= 11 is 0. The van der Waals surface area contributed by atoms with Crippen LogP contribution in [0.2, 0.25) is 0 Å². The minimum atomic E-state index is -0.231. The number of aromatic nitrogens is 4. The number of amides is 1. The Labute approximate surface area is 201 Å². The van der Waals surface area contributed by atoms with E-state index in [-0.39, 0.29) is 11.4 Å². The van der Waals surface area contributed by atoms with Crippen LogP contribution in [-0.2, 0) is 4.79 Å². The van der Waals surface area contributed by atoms with E-state index in [4.69, 9.17) is 5.10 Å². The van der Waals surface area contributed by atoms with Crippen LogP contribution in [0.4, 0.5) is 5.82 Å². The first-order valence-electron chi connectivity index (χ1n) is 12.5. The zero-order valence-electron chi connectivity index (χ0n) is 21.3. The number of aryl methyl sites for hydroxylation is 1. The van der Waals surface area contributed by atoms with E-state index < -0.39 is 0 Å². The normalized spacial score (nSPS) is 19.2. The Morgan fingerprint density at radius 3 is 2.53 bits per heavy atom. The molecule has 0 spiro atoms. The minimum absolute atomic E-state index is 0.138. The fraction of sp³-hybridized carbons (Fsp3) is 0.577. The molecule has 0 aliphatic carbocycles. The summed E-state index contributed by atoms with van der Waals surface area (Å²) in [7, 11) is 0. The number of hydrogen-bond donors (Lipinski definition) is 2. The fourth-order valence-electron chi connectivity index (χ4n) is 5.86. The zero-order chi connectivity index (χ0) is 24.2. The van der Waals surface area contributed by atoms with Gasteiger partial charge in [0.15, 0.2) is 5.82 Å². The number of piperidine rings is 1. The number of piperazine rings is 1. The molecule has 2 aliphatic rings. The lowest BCUT2D eigenvalue weighted by Crippen LogP contribution is -2.60. The maximum absolute atomic E-state index is 12.2. The van der Waals surface area contributed by atoms with E-state index in [2.05, 4.69) is 65.8 Å². The van der Waals surface area contributed by atoms with E-state index in [0.717, 1.165) is 49.2 Å². The van der Waals surface area contributed by atoms with Crippen LogP contribution in [0.25, 0.3) is 22.0 Å². The van der Waals surface area contributed by atoms with Crippen LogP contribution in [0.15, 0.2) is 12.3 Å². The molecule has 4 heterocycles. The quantitative estimate of drug-likeness (QED) is 0.619. The molecule has 2 saturated heterocycles. The topological polar surface area (TPSA) is 82.1 Å². The average molecular weight is 464 g/mol. The molecule has 34 heavy (non-hydrogen) atoms. The summed E-state index contributed by atoms with van der Waals surface area (Å²) in [5.74, 6) is 1.17. The molecule has 3 aromatic rings. The van der Waals surface area contributed by atoms with Crippen molar-refractivity contribution < 1.29 is 4.79 Å². The van der Waals surface area contributed by atoms with Gasteiger partial charge in [0.05, 0.1) is 23.3 Å². The Kier molecular flexibility index (Phi) is 5.67. The van der Waals surface area contributed by atoms with E-state index in [1.54, 1.807) is 6.92 Å². The number of nitrogens with one attached hydrogen (secondary N) is 2. The SMILES string of the molecule is CC(=O)N1CCN(c2nn(C3CCNCC3)c(C)c2-c2c(C)c(C)cc3[nH]ncc23)C(C)(C)C1. The predicted octanol–water partition coefficient (Wildman–Crippen LogP) is 3.72. The van der Waals surface area contributed by atoms with Gasteiger partial charge in [-0.25, -0.2) is 0 Å². The van der Waals surface area contributed by atoms with Gasteiger partial charge >= 0.3 is 0 Å². The van der Waals surface area contributed by atoms with Crippen molar-refractivity contribution in [2.75, 3.05) is 37.6 Å². The number of carbonyl (C=O) groups is 1. The van der Waals surface area contributed by atoms with Crippen molar-refractivity contribution in [2.24, 2.45) is 0 Å². The highest BCUT2D eigenvalue weighted by atomic mass is 16.2. The van der Waals surface area contributed by atoms with Crippen molar-refractivity contribution in [3.05, 3.63) is 29.1 Å². The fourth-order valence-corrected chi connectivity index (χ4v) is 5.86. The number of anilines is 1. The molecule has 2 N–H and O–H groups in total. The Balaban J connectivity index is 1.72. The highest BCUT2D eigenvalue weighted by molar-refractivity contribution is 6.00. The first-order valence-corrected chi connectivity index (χ1v) is 12.5. The van der Waals surface area contributed by atoms with Crippen molar-refractivity contribution in [1.82, 2.24) is 30.2 Å². The smallest absolute Gasteiger partial charge is 0.219 e. The second-order valence-corrected chi connectivity index (χ2v) is 10.6. The summed E-state index contributed by atoms with van der Waals surface area (Å²) in [6, 6.07) is 2.57. The summed E-state index contributed by atoms with van der Waals surface area (Å²) < 4.78 is 2.28. The molecule has 2 aromatic heterocycles. The third kappa shape index (κ3) is 3.68. The molecular weight excluding hydrogens is 426 g/mol. The maximum Gasteiger partial charge on any atom is 0.219 e. The second-order valence-electron chi connectivity index (χ2n) is 10.6. The molecule has 0 atom stereocenters. The lowest BCUT2D eigenvalue weighted by molar-refractivity contribution is -0.130. The number of aromatic amines is 1. The summed E-state index contributed by atoms with van der Waals surface area (Å²) in [5.41, 5.74) is 6.97. The molecular formula is C26H37N7O. The van der Waals surface area contributed by atoms with Crippen molar-refractivity contribution >= 4 is 22.6 Å². The highest BCUT2D eigenvalue weighted by Crippen LogP contribution is 2.44. The van der Waals surface area contributed by atoms with E-state index in [1.807, 2.05) is 11.1 Å². The van der Waals surface area contributed by atoms with Crippen molar-refractivity contribution in [3.63, 3.8) is 0 Å². The van der Waals surface area contributed by atoms with Crippen LogP contribution in [0.1, 0.15) is 56.5 Å². The van der Waals surface area contributed by atoms with E-state index in [9.17, 15) is 4.79 Å². The maximum atomic E-state index is 12.2. The number of H-pyrrole nitrogens is 1. The largest absolute Gasteiger partial charge is 0.346 e. The van der Waals surface area contributed by atoms with Gasteiger partial charge in [-0.1, -0.05) is 0 Å². The van der Waals surface area contributed by atoms with Gasteiger partial charge in [-0.15, -0.1) is 0 Å². The summed E-state index contributed by atoms with van der Waals surface area (Å²) in [5, 5.41) is 17.5. The highest BCUT2D eigenvalue weighted by Gasteiger charge is 2.39. The monoisotopic (exact) mass is 463 g/mol. The summed E-state index contributed by atoms with van der Waals surface area (Å²) in [4.78, 5) is 16.5. The summed E-state index contributed by atoms with van der Waals surface area (Å²) in [6.45, 7) is 16.9. The zero-order valence-corrected chi connectivity index (χ0v) is 21.3. The van der Waals surface area contributed by atoms with Crippen molar-refractivity contribution in [3.8, 4) is 11.1 Å².